The van der Waals surface area contributed by atoms with E-state index in [1.165, 1.54) is 6.92 Å². The maximum absolute atomic E-state index is 12.7. The van der Waals surface area contributed by atoms with Crippen molar-refractivity contribution in [1.29, 1.82) is 0 Å². The molecule has 0 saturated carbocycles. The molecule has 0 rings (SSSR count). The Morgan fingerprint density at radius 2 is 1.35 bits per heavy atom. The quantitative estimate of drug-likeness (QED) is 0.593. The third-order valence-electron chi connectivity index (χ3n) is 2.36. The van der Waals surface area contributed by atoms with Gasteiger partial charge in [0.25, 0.3) is 0 Å². The number of alkyl halides is 6. The molecule has 0 aromatic heterocycles. The number of allylic oxidation sites excluding steroid dienone is 2. The first-order valence-electron chi connectivity index (χ1n) is 4.55. The van der Waals surface area contributed by atoms with Crippen LogP contribution in [0.4, 0.5) is 26.3 Å². The van der Waals surface area contributed by atoms with Gasteiger partial charge in [-0.3, -0.25) is 0 Å². The Labute approximate surface area is 94.4 Å². The average molecular weight is 262 g/mol. The predicted molar refractivity (Wildman–Crippen MR) is 50.2 cm³/mol. The summed E-state index contributed by atoms with van der Waals surface area (Å²) in [6.45, 7) is 2.71. The Kier molecular flexibility index (Phi) is 4.44. The summed E-state index contributed by atoms with van der Waals surface area (Å²) in [5.41, 5.74) is -5.41. The molecule has 0 radical (unpaired) electrons. The van der Waals surface area contributed by atoms with Gasteiger partial charge in [-0.25, -0.2) is 0 Å². The van der Waals surface area contributed by atoms with Gasteiger partial charge in [0.15, 0.2) is 0 Å². The zero-order valence-electron chi connectivity index (χ0n) is 9.37. The molecular formula is C10H12F6O. The first kappa shape index (κ1) is 16.0. The van der Waals surface area contributed by atoms with Crippen LogP contribution in [0.15, 0.2) is 23.3 Å². The summed E-state index contributed by atoms with van der Waals surface area (Å²) in [5.74, 6) is 0. The van der Waals surface area contributed by atoms with E-state index in [4.69, 9.17) is 0 Å². The van der Waals surface area contributed by atoms with Crippen LogP contribution >= 0.6 is 0 Å². The van der Waals surface area contributed by atoms with Crippen LogP contribution in [0.1, 0.15) is 20.8 Å². The van der Waals surface area contributed by atoms with E-state index in [0.717, 1.165) is 13.0 Å². The lowest BCUT2D eigenvalue weighted by Crippen LogP contribution is -2.47. The zero-order valence-corrected chi connectivity index (χ0v) is 9.37. The van der Waals surface area contributed by atoms with Crippen molar-refractivity contribution in [1.82, 2.24) is 0 Å². The average Bonchev–Trinajstić information content (AvgIpc) is 2.10. The van der Waals surface area contributed by atoms with Crippen molar-refractivity contribution in [3.05, 3.63) is 23.3 Å². The molecule has 1 unspecified atom stereocenters. The van der Waals surface area contributed by atoms with Crippen LogP contribution in [-0.4, -0.2) is 23.1 Å². The van der Waals surface area contributed by atoms with Crippen LogP contribution in [-0.2, 0) is 0 Å². The van der Waals surface area contributed by atoms with Crippen molar-refractivity contribution in [3.63, 3.8) is 0 Å². The maximum atomic E-state index is 12.7. The lowest BCUT2D eigenvalue weighted by atomic mass is 9.86. The van der Waals surface area contributed by atoms with Gasteiger partial charge in [-0.05, 0) is 31.9 Å². The molecule has 7 heteroatoms. The highest BCUT2D eigenvalue weighted by atomic mass is 19.4. The largest absolute Gasteiger partial charge is 0.425 e. The molecule has 0 fully saturated rings. The molecule has 0 heterocycles. The van der Waals surface area contributed by atoms with Gasteiger partial charge in [-0.1, -0.05) is 6.08 Å². The van der Waals surface area contributed by atoms with Crippen LogP contribution < -0.4 is 0 Å². The lowest BCUT2D eigenvalue weighted by Gasteiger charge is -2.32. The van der Waals surface area contributed by atoms with Crippen molar-refractivity contribution >= 4 is 0 Å². The van der Waals surface area contributed by atoms with Gasteiger partial charge in [0.2, 0.25) is 5.60 Å². The van der Waals surface area contributed by atoms with E-state index in [-0.39, 0.29) is 0 Å². The number of hydrogen-bond donors (Lipinski definition) is 1. The predicted octanol–water partition coefficient (Wildman–Crippen LogP) is 3.75. The smallest absolute Gasteiger partial charge is 0.373 e. The Hall–Kier alpha value is -0.980. The van der Waals surface area contributed by atoms with Crippen LogP contribution in [0, 0.1) is 0 Å². The SMILES string of the molecule is CC=C(C)C(O)(C(C)=CC(F)(F)F)C(F)(F)F. The third-order valence-corrected chi connectivity index (χ3v) is 2.36. The van der Waals surface area contributed by atoms with Crippen LogP contribution in [0.2, 0.25) is 0 Å². The number of aliphatic hydroxyl groups is 1. The van der Waals surface area contributed by atoms with Crippen molar-refractivity contribution < 1.29 is 31.4 Å². The Bertz CT molecular complexity index is 336. The molecule has 0 aliphatic rings. The zero-order chi connectivity index (χ0) is 14.1. The molecule has 17 heavy (non-hydrogen) atoms. The van der Waals surface area contributed by atoms with E-state index < -0.39 is 35.2 Å². The van der Waals surface area contributed by atoms with Gasteiger partial charge < -0.3 is 5.11 Å². The Balaban J connectivity index is 5.77. The molecule has 0 saturated heterocycles. The molecule has 0 bridgehead atoms. The molecule has 0 spiro atoms. The summed E-state index contributed by atoms with van der Waals surface area (Å²) in [4.78, 5) is 0. The molecule has 0 aliphatic carbocycles. The molecule has 100 valence electrons. The molecule has 1 nitrogen and oxygen atoms in total. The van der Waals surface area contributed by atoms with E-state index in [1.54, 1.807) is 0 Å². The second kappa shape index (κ2) is 4.72. The minimum atomic E-state index is -5.21. The number of hydrogen-bond acceptors (Lipinski definition) is 1. The lowest BCUT2D eigenvalue weighted by molar-refractivity contribution is -0.229. The third kappa shape index (κ3) is 3.49. The number of rotatable bonds is 2. The van der Waals surface area contributed by atoms with Crippen LogP contribution in [0.25, 0.3) is 0 Å². The Morgan fingerprint density at radius 1 is 0.941 bits per heavy atom. The fourth-order valence-electron chi connectivity index (χ4n) is 1.32. The van der Waals surface area contributed by atoms with Crippen molar-refractivity contribution in [3.8, 4) is 0 Å². The normalized spacial score (nSPS) is 19.2. The molecule has 1 N–H and O–H groups in total. The molecule has 0 amide bonds. The van der Waals surface area contributed by atoms with Crippen molar-refractivity contribution in [2.45, 2.75) is 38.7 Å². The fourth-order valence-corrected chi connectivity index (χ4v) is 1.32. The summed E-state index contributed by atoms with van der Waals surface area (Å²) >= 11 is 0. The molecular weight excluding hydrogens is 250 g/mol. The highest BCUT2D eigenvalue weighted by Crippen LogP contribution is 2.42. The second-order valence-corrected chi connectivity index (χ2v) is 3.55. The highest BCUT2D eigenvalue weighted by molar-refractivity contribution is 5.33. The van der Waals surface area contributed by atoms with Gasteiger partial charge >= 0.3 is 12.4 Å². The van der Waals surface area contributed by atoms with E-state index in [9.17, 15) is 31.4 Å². The van der Waals surface area contributed by atoms with Gasteiger partial charge in [0, 0.05) is 6.08 Å². The van der Waals surface area contributed by atoms with Gasteiger partial charge in [0.05, 0.1) is 0 Å². The number of halogens is 6. The highest BCUT2D eigenvalue weighted by Gasteiger charge is 2.56. The summed E-state index contributed by atoms with van der Waals surface area (Å²) in [7, 11) is 0. The fraction of sp³-hybridized carbons (Fsp3) is 0.600. The summed E-state index contributed by atoms with van der Waals surface area (Å²) in [5, 5.41) is 9.49. The van der Waals surface area contributed by atoms with E-state index in [0.29, 0.717) is 6.92 Å². The summed E-state index contributed by atoms with van der Waals surface area (Å²) in [6.07, 6.45) is -9.76. The Morgan fingerprint density at radius 3 is 1.59 bits per heavy atom. The van der Waals surface area contributed by atoms with Crippen molar-refractivity contribution in [2.75, 3.05) is 0 Å². The van der Waals surface area contributed by atoms with Crippen LogP contribution in [0.5, 0.6) is 0 Å². The minimum Gasteiger partial charge on any atom is -0.373 e. The first-order chi connectivity index (χ1) is 7.36. The second-order valence-electron chi connectivity index (χ2n) is 3.55. The monoisotopic (exact) mass is 262 g/mol. The van der Waals surface area contributed by atoms with Gasteiger partial charge in [-0.2, -0.15) is 26.3 Å². The molecule has 0 aromatic rings. The summed E-state index contributed by atoms with van der Waals surface area (Å²) < 4.78 is 74.1. The molecule has 1 atom stereocenters. The standard InChI is InChI=1S/C10H12F6O/c1-4-6(2)9(17,10(14,15)16)7(3)5-8(11,12)13/h4-5,17H,1-3H3. The van der Waals surface area contributed by atoms with Crippen molar-refractivity contribution in [2.24, 2.45) is 0 Å². The van der Waals surface area contributed by atoms with Crippen LogP contribution in [0.3, 0.4) is 0 Å². The van der Waals surface area contributed by atoms with E-state index in [2.05, 4.69) is 0 Å². The maximum Gasteiger partial charge on any atom is 0.425 e. The van der Waals surface area contributed by atoms with E-state index in [1.807, 2.05) is 0 Å². The van der Waals surface area contributed by atoms with Gasteiger partial charge in [0.1, 0.15) is 0 Å². The minimum absolute atomic E-state index is 0.548. The topological polar surface area (TPSA) is 20.2 Å². The van der Waals surface area contributed by atoms with E-state index >= 15 is 0 Å². The molecule has 0 aromatic carbocycles. The molecule has 0 aliphatic heterocycles. The van der Waals surface area contributed by atoms with Gasteiger partial charge in [-0.15, -0.1) is 0 Å². The summed E-state index contributed by atoms with van der Waals surface area (Å²) in [6, 6.07) is 0. The first-order valence-corrected chi connectivity index (χ1v) is 4.55.